The lowest BCUT2D eigenvalue weighted by Gasteiger charge is -2.44. The number of esters is 4. The average molecular weight is 1240 g/mol. The first-order chi connectivity index (χ1) is 42.2. The number of carbonyl (C=O) groups is 5. The topological polar surface area (TPSA) is 281 Å². The van der Waals surface area contributed by atoms with Crippen molar-refractivity contribution >= 4 is 54.5 Å². The summed E-state index contributed by atoms with van der Waals surface area (Å²) in [4.78, 5) is 75.9. The Kier molecular flexibility index (Phi) is 22.9. The molecule has 0 saturated carbocycles. The first-order valence-electron chi connectivity index (χ1n) is 28.6. The molecule has 1 amide bonds. The minimum atomic E-state index is -4.37. The van der Waals surface area contributed by atoms with Crippen LogP contribution in [0.5, 0.6) is 11.5 Å². The van der Waals surface area contributed by atoms with Crippen LogP contribution in [0.15, 0.2) is 122 Å². The van der Waals surface area contributed by atoms with Gasteiger partial charge in [-0.1, -0.05) is 72.8 Å². The number of hydrogen-bond donors (Lipinski definition) is 1. The van der Waals surface area contributed by atoms with E-state index in [1.54, 1.807) is 47.7 Å². The lowest BCUT2D eigenvalue weighted by Crippen LogP contribution is -2.63. The average Bonchev–Trinajstić information content (AvgIpc) is 1.22. The molecule has 2 aliphatic rings. The molecule has 0 bridgehead atoms. The van der Waals surface area contributed by atoms with Gasteiger partial charge in [-0.15, -0.1) is 0 Å². The van der Waals surface area contributed by atoms with E-state index >= 15 is 4.57 Å². The van der Waals surface area contributed by atoms with E-state index in [0.29, 0.717) is 22.7 Å². The molecule has 88 heavy (non-hydrogen) atoms. The Balaban J connectivity index is 1.08. The van der Waals surface area contributed by atoms with Gasteiger partial charge in [0.25, 0.3) is 5.91 Å². The van der Waals surface area contributed by atoms with Crippen LogP contribution in [0.2, 0.25) is 0 Å². The van der Waals surface area contributed by atoms with Crippen molar-refractivity contribution in [1.29, 1.82) is 0 Å². The molecule has 4 heterocycles. The van der Waals surface area contributed by atoms with Crippen molar-refractivity contribution in [3.05, 3.63) is 144 Å². The maximum absolute atomic E-state index is 15.9. The van der Waals surface area contributed by atoms with Gasteiger partial charge in [0.1, 0.15) is 54.6 Å². The molecular formula is C62H75N6O19P. The number of carbonyl (C=O) groups excluding carboxylic acids is 5. The number of nitrogens with zero attached hydrogens (tertiary/aromatic N) is 5. The highest BCUT2D eigenvalue weighted by Crippen LogP contribution is 2.57. The van der Waals surface area contributed by atoms with Crippen molar-refractivity contribution in [2.45, 2.75) is 129 Å². The summed E-state index contributed by atoms with van der Waals surface area (Å²) in [7, 11) is -1.18. The minimum absolute atomic E-state index is 0.0725. The van der Waals surface area contributed by atoms with Crippen molar-refractivity contribution in [2.75, 3.05) is 59.2 Å². The van der Waals surface area contributed by atoms with Crippen molar-refractivity contribution < 1.29 is 89.7 Å². The third-order valence-corrected chi connectivity index (χ3v) is 16.8. The third-order valence-electron chi connectivity index (χ3n) is 14.3. The molecular weight excluding hydrogens is 1160 g/mol. The van der Waals surface area contributed by atoms with Crippen LogP contribution in [-0.2, 0) is 81.0 Å². The molecule has 0 spiro atoms. The monoisotopic (exact) mass is 1240 g/mol. The van der Waals surface area contributed by atoms with Crippen molar-refractivity contribution in [3.63, 3.8) is 0 Å². The number of rotatable bonds is 29. The number of fused-ring (bicyclic) bond motifs is 1. The molecule has 6 aromatic rings. The fourth-order valence-corrected chi connectivity index (χ4v) is 13.0. The second-order valence-electron chi connectivity index (χ2n) is 21.1. The molecule has 4 aromatic carbocycles. The number of aromatic nitrogens is 4. The van der Waals surface area contributed by atoms with E-state index in [2.05, 4.69) is 20.3 Å². The standard InChI is InChI=1S/C62H75N6O19P/c1-38(2)68(39(3)4)88(74,81-32-30-77-29-31-78-61-57(84-43(8)72)56(83-42(7)71)55(82-41(6)70)52(86-61)34-79-40(5)69)87-50-33-53(67-37-65-54-58(63-36-64-59(54)67)66-60(73)44-17-13-11-14-18-44)85-51(50)35-80-62(45-19-15-12-16-20-45,46-21-25-48(75-9)26-22-46)47-23-27-49(76-10)28-24-47/h11-28,36-39,50-53,55-57,61H,29-35H2,1-10H3,(H,63,64,66,73)/t50-,51+,52+,53+,55-,56-,57+,61+,88?/m0/s1. The van der Waals surface area contributed by atoms with Gasteiger partial charge in [0, 0.05) is 51.8 Å². The Bertz CT molecular complexity index is 3280. The van der Waals surface area contributed by atoms with Gasteiger partial charge in [0.05, 0.1) is 53.6 Å². The van der Waals surface area contributed by atoms with Gasteiger partial charge in [-0.25, -0.2) is 24.2 Å². The van der Waals surface area contributed by atoms with E-state index in [0.717, 1.165) is 37.5 Å². The van der Waals surface area contributed by atoms with E-state index < -0.39 is 98.9 Å². The van der Waals surface area contributed by atoms with E-state index in [-0.39, 0.29) is 62.9 Å². The van der Waals surface area contributed by atoms with Crippen LogP contribution in [0.25, 0.3) is 11.2 Å². The molecule has 0 radical (unpaired) electrons. The molecule has 2 fully saturated rings. The molecule has 1 unspecified atom stereocenters. The Hall–Kier alpha value is -7.71. The number of methoxy groups -OCH3 is 2. The van der Waals surface area contributed by atoms with Gasteiger partial charge in [-0.3, -0.25) is 37.6 Å². The summed E-state index contributed by atoms with van der Waals surface area (Å²) in [5.41, 5.74) is 2.02. The van der Waals surface area contributed by atoms with Gasteiger partial charge in [-0.2, -0.15) is 0 Å². The molecule has 1 N–H and O–H groups in total. The molecule has 9 atom stereocenters. The van der Waals surface area contributed by atoms with Gasteiger partial charge in [-0.05, 0) is 80.8 Å². The Labute approximate surface area is 510 Å². The summed E-state index contributed by atoms with van der Waals surface area (Å²) in [5.74, 6) is -1.99. The molecule has 26 heteroatoms. The normalized spacial score (nSPS) is 21.0. The minimum Gasteiger partial charge on any atom is -0.497 e. The van der Waals surface area contributed by atoms with Crippen LogP contribution in [0.1, 0.15) is 95.1 Å². The van der Waals surface area contributed by atoms with Gasteiger partial charge in [0.2, 0.25) is 0 Å². The number of nitrogens with one attached hydrogen (secondary N) is 1. The fourth-order valence-electron chi connectivity index (χ4n) is 10.7. The summed E-state index contributed by atoms with van der Waals surface area (Å²) >= 11 is 0. The highest BCUT2D eigenvalue weighted by atomic mass is 31.2. The lowest BCUT2D eigenvalue weighted by atomic mass is 9.80. The van der Waals surface area contributed by atoms with E-state index in [4.69, 9.17) is 61.2 Å². The van der Waals surface area contributed by atoms with E-state index in [9.17, 15) is 24.0 Å². The number of ether oxygens (including phenoxy) is 11. The summed E-state index contributed by atoms with van der Waals surface area (Å²) in [6, 6.07) is 32.8. The predicted molar refractivity (Wildman–Crippen MR) is 316 cm³/mol. The van der Waals surface area contributed by atoms with Crippen LogP contribution in [0.4, 0.5) is 5.82 Å². The SMILES string of the molecule is COc1ccc(C(OC[C@H]2O[C@@H](n3cnc4c(NC(=O)c5ccccc5)ncnc43)C[C@@H]2OP(=O)(OCCOCCO[C@@H]2O[C@H](COC(C)=O)[C@H](OC(C)=O)[C@H](OC(C)=O)[C@H]2OC(C)=O)N(C(C)C)C(C)C)(c2ccccc2)c2ccc(OC)cc2)cc1. The molecule has 2 aliphatic heterocycles. The zero-order chi connectivity index (χ0) is 63.1. The summed E-state index contributed by atoms with van der Waals surface area (Å²) < 4.78 is 97.9. The zero-order valence-electron chi connectivity index (χ0n) is 50.7. The number of amides is 1. The van der Waals surface area contributed by atoms with Crippen LogP contribution < -0.4 is 14.8 Å². The Morgan fingerprint density at radius 2 is 1.23 bits per heavy atom. The van der Waals surface area contributed by atoms with Crippen LogP contribution in [0, 0.1) is 0 Å². The number of benzene rings is 4. The quantitative estimate of drug-likeness (QED) is 0.0152. The Morgan fingerprint density at radius 1 is 0.659 bits per heavy atom. The highest BCUT2D eigenvalue weighted by Gasteiger charge is 2.53. The molecule has 25 nitrogen and oxygen atoms in total. The number of anilines is 1. The molecule has 2 aromatic heterocycles. The first kappa shape index (κ1) is 66.2. The van der Waals surface area contributed by atoms with E-state index in [1.165, 1.54) is 19.6 Å². The summed E-state index contributed by atoms with van der Waals surface area (Å²) in [6.07, 6.45) is -6.82. The van der Waals surface area contributed by atoms with Gasteiger partial charge < -0.3 is 57.4 Å². The van der Waals surface area contributed by atoms with Crippen LogP contribution in [0.3, 0.4) is 0 Å². The van der Waals surface area contributed by atoms with Crippen molar-refractivity contribution in [3.8, 4) is 11.5 Å². The smallest absolute Gasteiger partial charge is 0.409 e. The maximum Gasteiger partial charge on any atom is 0.409 e. The molecule has 2 saturated heterocycles. The van der Waals surface area contributed by atoms with Gasteiger partial charge in [0.15, 0.2) is 41.6 Å². The van der Waals surface area contributed by atoms with E-state index in [1.807, 2.05) is 113 Å². The summed E-state index contributed by atoms with van der Waals surface area (Å²) in [6.45, 7) is 10.7. The molecule has 0 aliphatic carbocycles. The molecule has 472 valence electrons. The van der Waals surface area contributed by atoms with Gasteiger partial charge >= 0.3 is 31.6 Å². The highest BCUT2D eigenvalue weighted by molar-refractivity contribution is 7.51. The van der Waals surface area contributed by atoms with Crippen molar-refractivity contribution in [2.24, 2.45) is 0 Å². The largest absolute Gasteiger partial charge is 0.497 e. The maximum atomic E-state index is 15.9. The lowest BCUT2D eigenvalue weighted by molar-refractivity contribution is -0.309. The number of imidazole rings is 1. The summed E-state index contributed by atoms with van der Waals surface area (Å²) in [5, 5.41) is 2.86. The second-order valence-corrected chi connectivity index (χ2v) is 23.0. The fraction of sp³-hybridized carbons (Fsp3) is 0.452. The third kappa shape index (κ3) is 16.1. The van der Waals surface area contributed by atoms with Crippen LogP contribution >= 0.6 is 7.75 Å². The van der Waals surface area contributed by atoms with Crippen molar-refractivity contribution in [1.82, 2.24) is 24.2 Å². The molecule has 8 rings (SSSR count). The number of hydrogen-bond acceptors (Lipinski definition) is 22. The van der Waals surface area contributed by atoms with Crippen LogP contribution in [-0.4, -0.2) is 163 Å². The Morgan fingerprint density at radius 3 is 1.81 bits per heavy atom. The second kappa shape index (κ2) is 30.5. The predicted octanol–water partition coefficient (Wildman–Crippen LogP) is 8.14. The zero-order valence-corrected chi connectivity index (χ0v) is 51.6. The first-order valence-corrected chi connectivity index (χ1v) is 30.1.